The second-order valence-corrected chi connectivity index (χ2v) is 4.69. The lowest BCUT2D eigenvalue weighted by Crippen LogP contribution is -2.34. The molecule has 0 aromatic heterocycles. The van der Waals surface area contributed by atoms with Gasteiger partial charge in [0.2, 0.25) is 5.91 Å². The molecule has 0 fully saturated rings. The van der Waals surface area contributed by atoms with Gasteiger partial charge in [0.1, 0.15) is 11.5 Å². The lowest BCUT2D eigenvalue weighted by atomic mass is 9.86. The first-order valence-electron chi connectivity index (χ1n) is 6.34. The van der Waals surface area contributed by atoms with Crippen molar-refractivity contribution in [1.29, 1.82) is 0 Å². The van der Waals surface area contributed by atoms with E-state index in [-0.39, 0.29) is 11.8 Å². The van der Waals surface area contributed by atoms with E-state index in [0.29, 0.717) is 18.7 Å². The first kappa shape index (κ1) is 13.7. The number of carbonyl (C=O) groups excluding carboxylic acids is 1. The maximum Gasteiger partial charge on any atom is 0.227 e. The topological polar surface area (TPSA) is 64.8 Å². The van der Waals surface area contributed by atoms with Crippen molar-refractivity contribution in [2.75, 3.05) is 32.7 Å². The summed E-state index contributed by atoms with van der Waals surface area (Å²) in [4.78, 5) is 13.7. The first-order chi connectivity index (χ1) is 9.12. The Kier molecular flexibility index (Phi) is 3.95. The maximum absolute atomic E-state index is 12.0. The molecule has 1 aliphatic heterocycles. The SMILES string of the molecule is COc1cc(OC)c2c(c1)N(C)C(=O)CC2CCN. The Hall–Kier alpha value is -1.75. The van der Waals surface area contributed by atoms with E-state index in [1.54, 1.807) is 26.2 Å². The molecule has 0 saturated carbocycles. The van der Waals surface area contributed by atoms with Crippen LogP contribution in [0.25, 0.3) is 0 Å². The van der Waals surface area contributed by atoms with E-state index in [1.807, 2.05) is 12.1 Å². The number of ether oxygens (including phenoxy) is 2. The van der Waals surface area contributed by atoms with Crippen LogP contribution in [-0.4, -0.2) is 33.7 Å². The highest BCUT2D eigenvalue weighted by Gasteiger charge is 2.32. The summed E-state index contributed by atoms with van der Waals surface area (Å²) in [6.07, 6.45) is 1.25. The number of carbonyl (C=O) groups is 1. The van der Waals surface area contributed by atoms with Gasteiger partial charge in [-0.15, -0.1) is 0 Å². The molecule has 1 aromatic rings. The average molecular weight is 264 g/mol. The van der Waals surface area contributed by atoms with Crippen LogP contribution in [0.5, 0.6) is 11.5 Å². The monoisotopic (exact) mass is 264 g/mol. The van der Waals surface area contributed by atoms with Gasteiger partial charge in [0, 0.05) is 31.2 Å². The molecule has 0 radical (unpaired) electrons. The number of amides is 1. The molecule has 1 amide bonds. The Morgan fingerprint density at radius 1 is 1.37 bits per heavy atom. The zero-order valence-corrected chi connectivity index (χ0v) is 11.6. The fourth-order valence-electron chi connectivity index (χ4n) is 2.59. The van der Waals surface area contributed by atoms with Crippen LogP contribution in [0, 0.1) is 0 Å². The van der Waals surface area contributed by atoms with Crippen LogP contribution in [0.3, 0.4) is 0 Å². The summed E-state index contributed by atoms with van der Waals surface area (Å²) in [7, 11) is 5.01. The highest BCUT2D eigenvalue weighted by molar-refractivity contribution is 5.97. The summed E-state index contributed by atoms with van der Waals surface area (Å²) in [5.74, 6) is 1.65. The van der Waals surface area contributed by atoms with Gasteiger partial charge in [0.25, 0.3) is 0 Å². The van der Waals surface area contributed by atoms with Gasteiger partial charge in [0.15, 0.2) is 0 Å². The number of anilines is 1. The van der Waals surface area contributed by atoms with E-state index < -0.39 is 0 Å². The molecule has 1 aliphatic rings. The molecule has 104 valence electrons. The van der Waals surface area contributed by atoms with E-state index in [0.717, 1.165) is 23.4 Å². The van der Waals surface area contributed by atoms with Crippen molar-refractivity contribution in [3.05, 3.63) is 17.7 Å². The third-order valence-corrected chi connectivity index (χ3v) is 3.63. The van der Waals surface area contributed by atoms with Crippen molar-refractivity contribution in [2.24, 2.45) is 5.73 Å². The third kappa shape index (κ3) is 2.38. The summed E-state index contributed by atoms with van der Waals surface area (Å²) in [6.45, 7) is 0.552. The molecule has 0 bridgehead atoms. The van der Waals surface area contributed by atoms with E-state index in [2.05, 4.69) is 0 Å². The van der Waals surface area contributed by atoms with E-state index in [9.17, 15) is 4.79 Å². The van der Waals surface area contributed by atoms with Gasteiger partial charge < -0.3 is 20.1 Å². The number of methoxy groups -OCH3 is 2. The molecule has 2 rings (SSSR count). The van der Waals surface area contributed by atoms with Crippen LogP contribution in [-0.2, 0) is 4.79 Å². The Morgan fingerprint density at radius 2 is 2.11 bits per heavy atom. The van der Waals surface area contributed by atoms with E-state index in [4.69, 9.17) is 15.2 Å². The maximum atomic E-state index is 12.0. The highest BCUT2D eigenvalue weighted by Crippen LogP contribution is 2.44. The zero-order chi connectivity index (χ0) is 14.0. The Labute approximate surface area is 113 Å². The summed E-state index contributed by atoms with van der Waals surface area (Å²) in [5, 5.41) is 0. The second kappa shape index (κ2) is 5.48. The Bertz CT molecular complexity index is 488. The largest absolute Gasteiger partial charge is 0.497 e. The number of rotatable bonds is 4. The summed E-state index contributed by atoms with van der Waals surface area (Å²) < 4.78 is 10.7. The van der Waals surface area contributed by atoms with Crippen molar-refractivity contribution in [3.63, 3.8) is 0 Å². The Balaban J connectivity index is 2.58. The summed E-state index contributed by atoms with van der Waals surface area (Å²) >= 11 is 0. The fourth-order valence-corrected chi connectivity index (χ4v) is 2.59. The molecule has 0 saturated heterocycles. The fraction of sp³-hybridized carbons (Fsp3) is 0.500. The molecule has 0 spiro atoms. The molecule has 1 aromatic carbocycles. The van der Waals surface area contributed by atoms with Gasteiger partial charge in [-0.2, -0.15) is 0 Å². The molecule has 2 N–H and O–H groups in total. The van der Waals surface area contributed by atoms with Crippen LogP contribution >= 0.6 is 0 Å². The number of hydrogen-bond acceptors (Lipinski definition) is 4. The van der Waals surface area contributed by atoms with E-state index in [1.165, 1.54) is 0 Å². The average Bonchev–Trinajstić information content (AvgIpc) is 2.43. The van der Waals surface area contributed by atoms with Crippen LogP contribution in [0.2, 0.25) is 0 Å². The molecule has 0 aliphatic carbocycles. The smallest absolute Gasteiger partial charge is 0.227 e. The number of nitrogens with zero attached hydrogens (tertiary/aromatic N) is 1. The summed E-state index contributed by atoms with van der Waals surface area (Å²) in [5.41, 5.74) is 7.56. The number of hydrogen-bond donors (Lipinski definition) is 1. The minimum Gasteiger partial charge on any atom is -0.497 e. The molecule has 19 heavy (non-hydrogen) atoms. The van der Waals surface area contributed by atoms with Crippen LogP contribution in [0.1, 0.15) is 24.3 Å². The minimum absolute atomic E-state index is 0.0984. The predicted octanol–water partition coefficient (Wildman–Crippen LogP) is 1.50. The predicted molar refractivity (Wildman–Crippen MR) is 74.0 cm³/mol. The van der Waals surface area contributed by atoms with Gasteiger partial charge >= 0.3 is 0 Å². The lowest BCUT2D eigenvalue weighted by Gasteiger charge is -2.33. The minimum atomic E-state index is 0.0984. The van der Waals surface area contributed by atoms with Gasteiger partial charge in [-0.1, -0.05) is 0 Å². The molecule has 1 atom stereocenters. The molecular formula is C14H20N2O3. The second-order valence-electron chi connectivity index (χ2n) is 4.69. The van der Waals surface area contributed by atoms with Gasteiger partial charge in [0.05, 0.1) is 19.9 Å². The standard InChI is InChI=1S/C14H20N2O3/c1-16-11-7-10(18-2)8-12(19-3)14(11)9(4-5-15)6-13(16)17/h7-9H,4-6,15H2,1-3H3. The zero-order valence-electron chi connectivity index (χ0n) is 11.6. The van der Waals surface area contributed by atoms with Gasteiger partial charge in [-0.25, -0.2) is 0 Å². The number of benzene rings is 1. The van der Waals surface area contributed by atoms with Crippen LogP contribution < -0.4 is 20.1 Å². The molecule has 5 nitrogen and oxygen atoms in total. The van der Waals surface area contributed by atoms with Gasteiger partial charge in [-0.05, 0) is 18.9 Å². The van der Waals surface area contributed by atoms with Crippen molar-refractivity contribution >= 4 is 11.6 Å². The third-order valence-electron chi connectivity index (χ3n) is 3.63. The molecule has 1 unspecified atom stereocenters. The summed E-state index contributed by atoms with van der Waals surface area (Å²) in [6, 6.07) is 3.73. The van der Waals surface area contributed by atoms with Gasteiger partial charge in [-0.3, -0.25) is 4.79 Å². The number of nitrogens with two attached hydrogens (primary N) is 1. The molecular weight excluding hydrogens is 244 g/mol. The number of fused-ring (bicyclic) bond motifs is 1. The van der Waals surface area contributed by atoms with Crippen molar-refractivity contribution in [3.8, 4) is 11.5 Å². The molecule has 5 heteroatoms. The highest BCUT2D eigenvalue weighted by atomic mass is 16.5. The lowest BCUT2D eigenvalue weighted by molar-refractivity contribution is -0.119. The Morgan fingerprint density at radius 3 is 2.68 bits per heavy atom. The van der Waals surface area contributed by atoms with Crippen LogP contribution in [0.15, 0.2) is 12.1 Å². The van der Waals surface area contributed by atoms with Crippen LogP contribution in [0.4, 0.5) is 5.69 Å². The van der Waals surface area contributed by atoms with E-state index >= 15 is 0 Å². The first-order valence-corrected chi connectivity index (χ1v) is 6.34. The van der Waals surface area contributed by atoms with Crippen molar-refractivity contribution in [2.45, 2.75) is 18.8 Å². The quantitative estimate of drug-likeness (QED) is 0.895. The molecule has 1 heterocycles. The normalized spacial score (nSPS) is 18.2. The van der Waals surface area contributed by atoms with Crippen molar-refractivity contribution < 1.29 is 14.3 Å². The van der Waals surface area contributed by atoms with Crippen molar-refractivity contribution in [1.82, 2.24) is 0 Å².